The van der Waals surface area contributed by atoms with Gasteiger partial charge < -0.3 is 13.9 Å². The normalized spacial score (nSPS) is 11.2. The van der Waals surface area contributed by atoms with Crippen molar-refractivity contribution < 1.29 is 32.3 Å². The molecule has 8 nitrogen and oxygen atoms in total. The third-order valence-corrected chi connectivity index (χ3v) is 4.60. The summed E-state index contributed by atoms with van der Waals surface area (Å²) < 4.78 is 43.0. The second kappa shape index (κ2) is 9.10. The van der Waals surface area contributed by atoms with Crippen LogP contribution in [0.4, 0.5) is 14.5 Å². The first-order valence-corrected chi connectivity index (χ1v) is 9.87. The highest BCUT2D eigenvalue weighted by Gasteiger charge is 2.18. The molecule has 0 spiro atoms. The Labute approximate surface area is 190 Å². The number of halogens is 2. The zero-order valence-corrected chi connectivity index (χ0v) is 17.8. The fourth-order valence-electron chi connectivity index (χ4n) is 3.28. The van der Waals surface area contributed by atoms with Crippen molar-refractivity contribution in [2.24, 2.45) is 5.10 Å². The maximum Gasteiger partial charge on any atom is 0.308 e. The van der Waals surface area contributed by atoms with E-state index in [0.717, 1.165) is 6.07 Å². The van der Waals surface area contributed by atoms with Crippen molar-refractivity contribution >= 4 is 45.8 Å². The molecule has 0 aliphatic carbocycles. The Morgan fingerprint density at radius 1 is 1.03 bits per heavy atom. The van der Waals surface area contributed by atoms with Gasteiger partial charge in [0.25, 0.3) is 0 Å². The van der Waals surface area contributed by atoms with Crippen LogP contribution in [0.1, 0.15) is 19.4 Å². The number of carbonyl (C=O) groups is 2. The van der Waals surface area contributed by atoms with Crippen molar-refractivity contribution in [3.8, 4) is 11.5 Å². The Kier molecular flexibility index (Phi) is 6.05. The molecule has 0 unspecified atom stereocenters. The number of carbonyl (C=O) groups excluding carboxylic acids is 2. The maximum absolute atomic E-state index is 13.8. The first-order valence-electron chi connectivity index (χ1n) is 9.87. The summed E-state index contributed by atoms with van der Waals surface area (Å²) in [5, 5.41) is 4.09. The molecule has 0 aliphatic rings. The van der Waals surface area contributed by atoms with Crippen LogP contribution in [-0.2, 0) is 9.59 Å². The lowest BCUT2D eigenvalue weighted by Gasteiger charge is -2.10. The number of hydrazone groups is 1. The number of hydrogen-bond acceptors (Lipinski definition) is 8. The minimum atomic E-state index is -0.830. The van der Waals surface area contributed by atoms with E-state index >= 15 is 0 Å². The van der Waals surface area contributed by atoms with Gasteiger partial charge in [0.2, 0.25) is 5.43 Å². The molecule has 4 aromatic rings. The van der Waals surface area contributed by atoms with Crippen LogP contribution in [-0.4, -0.2) is 18.2 Å². The van der Waals surface area contributed by atoms with Gasteiger partial charge in [0.05, 0.1) is 17.3 Å². The molecule has 1 aromatic heterocycles. The average Bonchev–Trinajstić information content (AvgIpc) is 2.74. The molecule has 172 valence electrons. The zero-order valence-electron chi connectivity index (χ0n) is 17.8. The van der Waals surface area contributed by atoms with Crippen LogP contribution < -0.4 is 20.3 Å². The van der Waals surface area contributed by atoms with E-state index in [4.69, 9.17) is 13.9 Å². The van der Waals surface area contributed by atoms with Gasteiger partial charge in [-0.05, 0) is 24.3 Å². The SMILES string of the molecule is CC(=O)Oc1cc(OC(C)=O)c2c(=O)c3cccc(/C=N\Nc4ccc(F)cc4F)c3oc2c1. The van der Waals surface area contributed by atoms with Crippen LogP contribution in [0.3, 0.4) is 0 Å². The van der Waals surface area contributed by atoms with E-state index in [2.05, 4.69) is 10.5 Å². The number of fused-ring (bicyclic) bond motifs is 2. The predicted molar refractivity (Wildman–Crippen MR) is 120 cm³/mol. The number of nitrogens with zero attached hydrogens (tertiary/aromatic N) is 1. The summed E-state index contributed by atoms with van der Waals surface area (Å²) in [5.74, 6) is -2.97. The van der Waals surface area contributed by atoms with E-state index in [1.54, 1.807) is 12.1 Å². The number of ether oxygens (including phenoxy) is 2. The van der Waals surface area contributed by atoms with Gasteiger partial charge in [-0.3, -0.25) is 19.8 Å². The van der Waals surface area contributed by atoms with E-state index in [1.165, 1.54) is 44.3 Å². The van der Waals surface area contributed by atoms with Gasteiger partial charge in [-0.1, -0.05) is 6.07 Å². The molecule has 10 heteroatoms. The van der Waals surface area contributed by atoms with Gasteiger partial charge >= 0.3 is 11.9 Å². The summed E-state index contributed by atoms with van der Waals surface area (Å²) in [5.41, 5.74) is 2.42. The zero-order chi connectivity index (χ0) is 24.4. The summed E-state index contributed by atoms with van der Waals surface area (Å²) in [6.45, 7) is 2.36. The highest BCUT2D eigenvalue weighted by molar-refractivity contribution is 6.01. The molecule has 4 rings (SSSR count). The van der Waals surface area contributed by atoms with Crippen LogP contribution in [0.25, 0.3) is 21.9 Å². The third-order valence-electron chi connectivity index (χ3n) is 4.60. The monoisotopic (exact) mass is 466 g/mol. The second-order valence-corrected chi connectivity index (χ2v) is 7.13. The van der Waals surface area contributed by atoms with E-state index in [-0.39, 0.29) is 39.1 Å². The van der Waals surface area contributed by atoms with Gasteiger partial charge in [-0.2, -0.15) is 5.10 Å². The van der Waals surface area contributed by atoms with Crippen LogP contribution in [0.5, 0.6) is 11.5 Å². The summed E-state index contributed by atoms with van der Waals surface area (Å²) in [6.07, 6.45) is 1.29. The smallest absolute Gasteiger partial charge is 0.308 e. The van der Waals surface area contributed by atoms with Gasteiger partial charge in [-0.15, -0.1) is 0 Å². The maximum atomic E-state index is 13.8. The number of hydrogen-bond donors (Lipinski definition) is 1. The first kappa shape index (κ1) is 22.6. The lowest BCUT2D eigenvalue weighted by atomic mass is 10.1. The number of anilines is 1. The van der Waals surface area contributed by atoms with Crippen LogP contribution >= 0.6 is 0 Å². The van der Waals surface area contributed by atoms with Crippen molar-refractivity contribution in [2.45, 2.75) is 13.8 Å². The Morgan fingerprint density at radius 2 is 1.79 bits per heavy atom. The van der Waals surface area contributed by atoms with E-state index in [9.17, 15) is 23.2 Å². The van der Waals surface area contributed by atoms with Gasteiger partial charge in [0.15, 0.2) is 5.82 Å². The van der Waals surface area contributed by atoms with Gasteiger partial charge in [0.1, 0.15) is 33.9 Å². The molecular weight excluding hydrogens is 450 g/mol. The quantitative estimate of drug-likeness (QED) is 0.151. The average molecular weight is 466 g/mol. The molecule has 0 bridgehead atoms. The van der Waals surface area contributed by atoms with Crippen molar-refractivity contribution in [3.05, 3.63) is 76.0 Å². The summed E-state index contributed by atoms with van der Waals surface area (Å²) in [7, 11) is 0. The number of benzene rings is 3. The molecule has 34 heavy (non-hydrogen) atoms. The van der Waals surface area contributed by atoms with E-state index < -0.39 is 29.0 Å². The molecule has 0 aliphatic heterocycles. The van der Waals surface area contributed by atoms with Crippen LogP contribution in [0, 0.1) is 11.6 Å². The standard InChI is InChI=1S/C24H16F2N2O6/c1-12(29)32-16-9-20(33-13(2)30)22-21(10-16)34-24-14(4-3-5-17(24)23(22)31)11-27-28-19-7-6-15(25)8-18(19)26/h3-11,28H,1-2H3/b27-11-. The van der Waals surface area contributed by atoms with E-state index in [1.807, 2.05) is 0 Å². The molecule has 1 heterocycles. The molecular formula is C24H16F2N2O6. The number of esters is 2. The molecule has 0 atom stereocenters. The fraction of sp³-hybridized carbons (Fsp3) is 0.0833. The largest absolute Gasteiger partial charge is 0.455 e. The van der Waals surface area contributed by atoms with Crippen LogP contribution in [0.2, 0.25) is 0 Å². The molecule has 0 amide bonds. The first-order chi connectivity index (χ1) is 16.2. The van der Waals surface area contributed by atoms with Crippen molar-refractivity contribution in [1.82, 2.24) is 0 Å². The highest BCUT2D eigenvalue weighted by Crippen LogP contribution is 2.32. The third kappa shape index (κ3) is 4.60. The summed E-state index contributed by atoms with van der Waals surface area (Å²) in [4.78, 5) is 36.2. The summed E-state index contributed by atoms with van der Waals surface area (Å²) >= 11 is 0. The molecule has 0 saturated carbocycles. The second-order valence-electron chi connectivity index (χ2n) is 7.13. The predicted octanol–water partition coefficient (Wildman–Crippen LogP) is 4.52. The molecule has 0 fully saturated rings. The fourth-order valence-corrected chi connectivity index (χ4v) is 3.28. The van der Waals surface area contributed by atoms with Crippen molar-refractivity contribution in [3.63, 3.8) is 0 Å². The minimum absolute atomic E-state index is 0.00545. The molecule has 0 saturated heterocycles. The Hall–Kier alpha value is -4.60. The number of nitrogens with one attached hydrogen (secondary N) is 1. The highest BCUT2D eigenvalue weighted by atomic mass is 19.1. The van der Waals surface area contributed by atoms with E-state index in [0.29, 0.717) is 11.6 Å². The number of para-hydroxylation sites is 1. The van der Waals surface area contributed by atoms with Gasteiger partial charge in [-0.25, -0.2) is 8.78 Å². The Morgan fingerprint density at radius 3 is 2.50 bits per heavy atom. The molecule has 0 radical (unpaired) electrons. The Bertz CT molecular complexity index is 1540. The topological polar surface area (TPSA) is 107 Å². The van der Waals surface area contributed by atoms with Crippen molar-refractivity contribution in [1.29, 1.82) is 0 Å². The molecule has 1 N–H and O–H groups in total. The summed E-state index contributed by atoms with van der Waals surface area (Å²) in [6, 6.07) is 10.3. The van der Waals surface area contributed by atoms with Gasteiger partial charge in [0, 0.05) is 37.6 Å². The number of rotatable bonds is 5. The van der Waals surface area contributed by atoms with Crippen LogP contribution in [0.15, 0.2) is 62.8 Å². The lowest BCUT2D eigenvalue weighted by molar-refractivity contribution is -0.132. The van der Waals surface area contributed by atoms with Crippen molar-refractivity contribution in [2.75, 3.05) is 5.43 Å². The molecule has 3 aromatic carbocycles. The minimum Gasteiger partial charge on any atom is -0.455 e. The lowest BCUT2D eigenvalue weighted by Crippen LogP contribution is -2.10. The Balaban J connectivity index is 1.84.